The lowest BCUT2D eigenvalue weighted by Gasteiger charge is -2.26. The number of guanidine groups is 1. The second kappa shape index (κ2) is 11.0. The van der Waals surface area contributed by atoms with E-state index in [2.05, 4.69) is 27.0 Å². The van der Waals surface area contributed by atoms with Gasteiger partial charge in [0.25, 0.3) is 5.91 Å². The highest BCUT2D eigenvalue weighted by Gasteiger charge is 2.22. The van der Waals surface area contributed by atoms with Crippen LogP contribution in [0.3, 0.4) is 0 Å². The minimum absolute atomic E-state index is 0. The SMILES string of the molecule is CN=C(NCc1ccc(C(=O)N2CCNC(=O)C2)cc1)NCc1cccs1.I. The summed E-state index contributed by atoms with van der Waals surface area (Å²) in [7, 11) is 1.74. The number of piperazine rings is 1. The first-order valence-electron chi connectivity index (χ1n) is 8.77. The third-order valence-electron chi connectivity index (χ3n) is 4.22. The van der Waals surface area contributed by atoms with Crippen molar-refractivity contribution in [2.45, 2.75) is 13.1 Å². The molecule has 0 saturated carbocycles. The van der Waals surface area contributed by atoms with Crippen molar-refractivity contribution in [3.63, 3.8) is 0 Å². The fraction of sp³-hybridized carbons (Fsp3) is 0.316. The number of nitrogens with one attached hydrogen (secondary N) is 3. The zero-order chi connectivity index (χ0) is 19.1. The number of aliphatic imine (C=N–C) groups is 1. The fourth-order valence-electron chi connectivity index (χ4n) is 2.75. The van der Waals surface area contributed by atoms with Gasteiger partial charge in [-0.15, -0.1) is 35.3 Å². The van der Waals surface area contributed by atoms with E-state index in [1.165, 1.54) is 4.88 Å². The van der Waals surface area contributed by atoms with Crippen molar-refractivity contribution >= 4 is 53.1 Å². The number of hydrogen-bond acceptors (Lipinski definition) is 4. The van der Waals surface area contributed by atoms with Crippen LogP contribution in [0.2, 0.25) is 0 Å². The van der Waals surface area contributed by atoms with Gasteiger partial charge in [-0.1, -0.05) is 18.2 Å². The Kier molecular flexibility index (Phi) is 8.71. The first-order chi connectivity index (χ1) is 13.2. The molecule has 2 aromatic rings. The summed E-state index contributed by atoms with van der Waals surface area (Å²) in [6.07, 6.45) is 0. The average Bonchev–Trinajstić information content (AvgIpc) is 3.21. The van der Waals surface area contributed by atoms with Crippen LogP contribution >= 0.6 is 35.3 Å². The maximum atomic E-state index is 12.5. The van der Waals surface area contributed by atoms with Crippen LogP contribution in [0.1, 0.15) is 20.8 Å². The molecule has 2 heterocycles. The monoisotopic (exact) mass is 513 g/mol. The average molecular weight is 513 g/mol. The van der Waals surface area contributed by atoms with E-state index in [1.807, 2.05) is 23.6 Å². The second-order valence-corrected chi connectivity index (χ2v) is 7.16. The summed E-state index contributed by atoms with van der Waals surface area (Å²) in [6, 6.07) is 11.5. The molecule has 1 aliphatic heterocycles. The molecule has 1 aliphatic rings. The summed E-state index contributed by atoms with van der Waals surface area (Å²) < 4.78 is 0. The molecule has 0 aliphatic carbocycles. The molecule has 1 aromatic heterocycles. The lowest BCUT2D eigenvalue weighted by Crippen LogP contribution is -2.49. The fourth-order valence-corrected chi connectivity index (χ4v) is 3.39. The summed E-state index contributed by atoms with van der Waals surface area (Å²) in [5, 5.41) is 11.3. The maximum absolute atomic E-state index is 12.5. The standard InChI is InChI=1S/C19H23N5O2S.HI/c1-20-19(23-12-16-3-2-10-27-16)22-11-14-4-6-15(7-5-14)18(26)24-9-8-21-17(25)13-24;/h2-7,10H,8-9,11-13H2,1H3,(H,21,25)(H2,20,22,23);1H. The maximum Gasteiger partial charge on any atom is 0.254 e. The Morgan fingerprint density at radius 1 is 1.21 bits per heavy atom. The van der Waals surface area contributed by atoms with Crippen LogP contribution in [0.4, 0.5) is 0 Å². The molecule has 9 heteroatoms. The van der Waals surface area contributed by atoms with Crippen LogP contribution in [0.15, 0.2) is 46.8 Å². The van der Waals surface area contributed by atoms with Gasteiger partial charge in [-0.2, -0.15) is 0 Å². The van der Waals surface area contributed by atoms with E-state index in [9.17, 15) is 9.59 Å². The number of amides is 2. The van der Waals surface area contributed by atoms with Crippen LogP contribution in [0, 0.1) is 0 Å². The van der Waals surface area contributed by atoms with Crippen molar-refractivity contribution in [2.24, 2.45) is 4.99 Å². The molecule has 2 amide bonds. The Morgan fingerprint density at radius 3 is 2.61 bits per heavy atom. The Balaban J connectivity index is 0.00000280. The summed E-state index contributed by atoms with van der Waals surface area (Å²) in [6.45, 7) is 2.50. The third kappa shape index (κ3) is 6.20. The predicted octanol–water partition coefficient (Wildman–Crippen LogP) is 1.80. The topological polar surface area (TPSA) is 85.8 Å². The molecule has 1 aromatic carbocycles. The molecule has 3 N–H and O–H groups in total. The Bertz CT molecular complexity index is 808. The van der Waals surface area contributed by atoms with Gasteiger partial charge in [-0.05, 0) is 29.1 Å². The highest BCUT2D eigenvalue weighted by Crippen LogP contribution is 2.09. The number of rotatable bonds is 5. The minimum atomic E-state index is -0.114. The normalized spacial score (nSPS) is 14.1. The molecule has 3 rings (SSSR count). The van der Waals surface area contributed by atoms with Crippen LogP contribution in [0.25, 0.3) is 0 Å². The lowest BCUT2D eigenvalue weighted by atomic mass is 10.1. The van der Waals surface area contributed by atoms with Gasteiger partial charge in [-0.3, -0.25) is 14.6 Å². The van der Waals surface area contributed by atoms with E-state index in [-0.39, 0.29) is 42.3 Å². The highest BCUT2D eigenvalue weighted by atomic mass is 127. The van der Waals surface area contributed by atoms with E-state index in [4.69, 9.17) is 0 Å². The Labute approximate surface area is 185 Å². The third-order valence-corrected chi connectivity index (χ3v) is 5.10. The predicted molar refractivity (Wildman–Crippen MR) is 122 cm³/mol. The van der Waals surface area contributed by atoms with Gasteiger partial charge < -0.3 is 20.9 Å². The number of hydrogen-bond donors (Lipinski definition) is 3. The van der Waals surface area contributed by atoms with Gasteiger partial charge in [-0.25, -0.2) is 0 Å². The molecule has 0 unspecified atom stereocenters. The molecule has 150 valence electrons. The molecular weight excluding hydrogens is 489 g/mol. The van der Waals surface area contributed by atoms with Gasteiger partial charge >= 0.3 is 0 Å². The molecular formula is C19H24IN5O2S. The first-order valence-corrected chi connectivity index (χ1v) is 9.65. The second-order valence-electron chi connectivity index (χ2n) is 6.13. The highest BCUT2D eigenvalue weighted by molar-refractivity contribution is 14.0. The molecule has 1 saturated heterocycles. The van der Waals surface area contributed by atoms with Gasteiger partial charge in [0.1, 0.15) is 0 Å². The number of nitrogens with zero attached hydrogens (tertiary/aromatic N) is 2. The summed E-state index contributed by atoms with van der Waals surface area (Å²) >= 11 is 1.70. The van der Waals surface area contributed by atoms with Crippen molar-refractivity contribution < 1.29 is 9.59 Å². The lowest BCUT2D eigenvalue weighted by molar-refractivity contribution is -0.123. The first kappa shape index (κ1) is 22.2. The number of halogens is 1. The van der Waals surface area contributed by atoms with Gasteiger partial charge in [0.15, 0.2) is 5.96 Å². The zero-order valence-electron chi connectivity index (χ0n) is 15.6. The molecule has 0 atom stereocenters. The zero-order valence-corrected chi connectivity index (χ0v) is 18.8. The summed E-state index contributed by atoms with van der Waals surface area (Å²) in [5.74, 6) is 0.498. The summed E-state index contributed by atoms with van der Waals surface area (Å²) in [4.78, 5) is 30.9. The van der Waals surface area contributed by atoms with Crippen LogP contribution in [-0.2, 0) is 17.9 Å². The van der Waals surface area contributed by atoms with Crippen molar-refractivity contribution in [3.8, 4) is 0 Å². The molecule has 28 heavy (non-hydrogen) atoms. The number of benzene rings is 1. The van der Waals surface area contributed by atoms with Crippen LogP contribution < -0.4 is 16.0 Å². The van der Waals surface area contributed by atoms with Crippen molar-refractivity contribution in [2.75, 3.05) is 26.7 Å². The van der Waals surface area contributed by atoms with Gasteiger partial charge in [0.05, 0.1) is 13.1 Å². The molecule has 0 spiro atoms. The van der Waals surface area contributed by atoms with E-state index >= 15 is 0 Å². The van der Waals surface area contributed by atoms with Crippen molar-refractivity contribution in [1.29, 1.82) is 0 Å². The Hall–Kier alpha value is -2.14. The largest absolute Gasteiger partial charge is 0.353 e. The van der Waals surface area contributed by atoms with E-state index in [0.29, 0.717) is 25.2 Å². The smallest absolute Gasteiger partial charge is 0.254 e. The molecule has 0 radical (unpaired) electrons. The number of carbonyl (C=O) groups is 2. The minimum Gasteiger partial charge on any atom is -0.353 e. The Morgan fingerprint density at radius 2 is 1.96 bits per heavy atom. The molecule has 7 nitrogen and oxygen atoms in total. The molecule has 0 bridgehead atoms. The van der Waals surface area contributed by atoms with Crippen molar-refractivity contribution in [1.82, 2.24) is 20.9 Å². The van der Waals surface area contributed by atoms with E-state index in [1.54, 1.807) is 35.4 Å². The number of thiophene rings is 1. The van der Waals surface area contributed by atoms with E-state index < -0.39 is 0 Å². The van der Waals surface area contributed by atoms with Crippen LogP contribution in [-0.4, -0.2) is 49.4 Å². The number of carbonyl (C=O) groups excluding carboxylic acids is 2. The van der Waals surface area contributed by atoms with Gasteiger partial charge in [0.2, 0.25) is 5.91 Å². The summed E-state index contributed by atoms with van der Waals surface area (Å²) in [5.41, 5.74) is 1.63. The van der Waals surface area contributed by atoms with E-state index in [0.717, 1.165) is 18.1 Å². The van der Waals surface area contributed by atoms with Crippen molar-refractivity contribution in [3.05, 3.63) is 57.8 Å². The van der Waals surface area contributed by atoms with Crippen LogP contribution in [0.5, 0.6) is 0 Å². The molecule has 1 fully saturated rings. The van der Waals surface area contributed by atoms with Gasteiger partial charge in [0, 0.05) is 37.1 Å². The quantitative estimate of drug-likeness (QED) is 0.324.